The van der Waals surface area contributed by atoms with Crippen molar-refractivity contribution in [2.24, 2.45) is 5.73 Å². The van der Waals surface area contributed by atoms with Gasteiger partial charge in [0.15, 0.2) is 0 Å². The minimum Gasteiger partial charge on any atom is -0.442 e. The third-order valence-electron chi connectivity index (χ3n) is 4.74. The Kier molecular flexibility index (Phi) is 6.81. The Morgan fingerprint density at radius 3 is 2.58 bits per heavy atom. The first-order chi connectivity index (χ1) is 14.8. The Morgan fingerprint density at radius 2 is 1.94 bits per heavy atom. The zero-order valence-corrected chi connectivity index (χ0v) is 16.8. The van der Waals surface area contributed by atoms with E-state index in [4.69, 9.17) is 10.5 Å². The maximum absolute atomic E-state index is 14.8. The van der Waals surface area contributed by atoms with E-state index in [0.717, 1.165) is 0 Å². The van der Waals surface area contributed by atoms with Gasteiger partial charge < -0.3 is 21.1 Å². The lowest BCUT2D eigenvalue weighted by atomic mass is 10.0. The van der Waals surface area contributed by atoms with Crippen LogP contribution in [0.15, 0.2) is 36.4 Å². The van der Waals surface area contributed by atoms with E-state index in [1.807, 2.05) is 0 Å². The first-order valence-corrected chi connectivity index (χ1v) is 9.56. The molecule has 2 aromatic rings. The van der Waals surface area contributed by atoms with Crippen LogP contribution in [-0.2, 0) is 20.9 Å². The molecular weight excluding hydrogens is 410 g/mol. The summed E-state index contributed by atoms with van der Waals surface area (Å²) >= 11 is 0. The number of carbonyl (C=O) groups is 3. The number of ether oxygens (including phenoxy) is 1. The molecule has 10 heteroatoms. The van der Waals surface area contributed by atoms with Gasteiger partial charge in [0.1, 0.15) is 17.7 Å². The van der Waals surface area contributed by atoms with E-state index in [0.29, 0.717) is 5.56 Å². The predicted molar refractivity (Wildman–Crippen MR) is 109 cm³/mol. The SMILES string of the molecule is CC(=O)NC[C@H]1CN(c2ccc(-c3ccc(CNC(=O)CN)c(F)c3)c(F)c2)C(=O)O1. The van der Waals surface area contributed by atoms with E-state index in [2.05, 4.69) is 10.6 Å². The summed E-state index contributed by atoms with van der Waals surface area (Å²) in [5.74, 6) is -1.89. The van der Waals surface area contributed by atoms with Crippen molar-refractivity contribution < 1.29 is 27.9 Å². The Labute approximate surface area is 177 Å². The van der Waals surface area contributed by atoms with Gasteiger partial charge in [0.2, 0.25) is 11.8 Å². The van der Waals surface area contributed by atoms with E-state index in [1.165, 1.54) is 42.2 Å². The van der Waals surface area contributed by atoms with Gasteiger partial charge >= 0.3 is 6.09 Å². The van der Waals surface area contributed by atoms with E-state index < -0.39 is 29.7 Å². The van der Waals surface area contributed by atoms with Crippen molar-refractivity contribution in [2.75, 3.05) is 24.5 Å². The smallest absolute Gasteiger partial charge is 0.414 e. The Hall–Kier alpha value is -3.53. The second kappa shape index (κ2) is 9.52. The zero-order chi connectivity index (χ0) is 22.5. The highest BCUT2D eigenvalue weighted by Gasteiger charge is 2.32. The maximum atomic E-state index is 14.8. The van der Waals surface area contributed by atoms with Gasteiger partial charge in [0.25, 0.3) is 0 Å². The number of hydrogen-bond donors (Lipinski definition) is 3. The second-order valence-electron chi connectivity index (χ2n) is 7.00. The fourth-order valence-corrected chi connectivity index (χ4v) is 3.13. The van der Waals surface area contributed by atoms with Gasteiger partial charge in [-0.15, -0.1) is 0 Å². The van der Waals surface area contributed by atoms with Crippen LogP contribution in [0.4, 0.5) is 19.3 Å². The lowest BCUT2D eigenvalue weighted by molar-refractivity contribution is -0.120. The fraction of sp³-hybridized carbons (Fsp3) is 0.286. The molecule has 1 heterocycles. The van der Waals surface area contributed by atoms with Crippen LogP contribution in [0.25, 0.3) is 11.1 Å². The predicted octanol–water partition coefficient (Wildman–Crippen LogP) is 1.67. The molecule has 3 rings (SSSR count). The topological polar surface area (TPSA) is 114 Å². The molecule has 1 aliphatic rings. The largest absolute Gasteiger partial charge is 0.442 e. The number of amides is 3. The van der Waals surface area contributed by atoms with Crippen LogP contribution >= 0.6 is 0 Å². The van der Waals surface area contributed by atoms with Crippen LogP contribution in [0.1, 0.15) is 12.5 Å². The van der Waals surface area contributed by atoms with Crippen LogP contribution in [0.5, 0.6) is 0 Å². The number of benzene rings is 2. The highest BCUT2D eigenvalue weighted by molar-refractivity contribution is 5.90. The number of nitrogens with one attached hydrogen (secondary N) is 2. The van der Waals surface area contributed by atoms with Crippen molar-refractivity contribution in [2.45, 2.75) is 19.6 Å². The van der Waals surface area contributed by atoms with E-state index in [9.17, 15) is 23.2 Å². The molecule has 2 aromatic carbocycles. The Morgan fingerprint density at radius 1 is 1.16 bits per heavy atom. The molecule has 31 heavy (non-hydrogen) atoms. The molecule has 0 saturated carbocycles. The zero-order valence-electron chi connectivity index (χ0n) is 16.8. The van der Waals surface area contributed by atoms with Gasteiger partial charge in [-0.2, -0.15) is 0 Å². The minimum absolute atomic E-state index is 0.0275. The number of cyclic esters (lactones) is 1. The number of nitrogens with zero attached hydrogens (tertiary/aromatic N) is 1. The molecule has 1 fully saturated rings. The highest BCUT2D eigenvalue weighted by Crippen LogP contribution is 2.30. The van der Waals surface area contributed by atoms with Crippen molar-refractivity contribution >= 4 is 23.6 Å². The molecule has 0 spiro atoms. The molecule has 4 N–H and O–H groups in total. The van der Waals surface area contributed by atoms with Crippen molar-refractivity contribution in [1.29, 1.82) is 0 Å². The molecule has 3 amide bonds. The first kappa shape index (κ1) is 22.2. The number of halogens is 2. The summed E-state index contributed by atoms with van der Waals surface area (Å²) in [5.41, 5.74) is 6.19. The summed E-state index contributed by atoms with van der Waals surface area (Å²) in [5, 5.41) is 5.04. The average Bonchev–Trinajstić information content (AvgIpc) is 3.11. The lowest BCUT2D eigenvalue weighted by Crippen LogP contribution is -2.33. The molecule has 0 aliphatic carbocycles. The third-order valence-corrected chi connectivity index (χ3v) is 4.74. The Bertz CT molecular complexity index is 1010. The lowest BCUT2D eigenvalue weighted by Gasteiger charge is -2.15. The average molecular weight is 432 g/mol. The summed E-state index contributed by atoms with van der Waals surface area (Å²) in [4.78, 5) is 35.6. The molecule has 0 radical (unpaired) electrons. The summed E-state index contributed by atoms with van der Waals surface area (Å²) < 4.78 is 34.3. The molecule has 0 bridgehead atoms. The van der Waals surface area contributed by atoms with Gasteiger partial charge in [-0.25, -0.2) is 13.6 Å². The first-order valence-electron chi connectivity index (χ1n) is 9.56. The third kappa shape index (κ3) is 5.34. The molecule has 0 aromatic heterocycles. The normalized spacial score (nSPS) is 15.5. The van der Waals surface area contributed by atoms with Crippen LogP contribution in [0.3, 0.4) is 0 Å². The molecule has 164 valence electrons. The summed E-state index contributed by atoms with van der Waals surface area (Å²) in [6, 6.07) is 8.33. The minimum atomic E-state index is -0.641. The molecule has 1 saturated heterocycles. The van der Waals surface area contributed by atoms with Crippen molar-refractivity contribution in [3.63, 3.8) is 0 Å². The van der Waals surface area contributed by atoms with Crippen LogP contribution in [-0.4, -0.2) is 43.6 Å². The van der Waals surface area contributed by atoms with Crippen LogP contribution in [0.2, 0.25) is 0 Å². The molecule has 0 unspecified atom stereocenters. The number of carbonyl (C=O) groups excluding carboxylic acids is 3. The summed E-state index contributed by atoms with van der Waals surface area (Å²) in [6.07, 6.45) is -1.18. The van der Waals surface area contributed by atoms with Crippen molar-refractivity contribution in [1.82, 2.24) is 10.6 Å². The van der Waals surface area contributed by atoms with Gasteiger partial charge in [-0.3, -0.25) is 14.5 Å². The van der Waals surface area contributed by atoms with Gasteiger partial charge in [0, 0.05) is 24.6 Å². The van der Waals surface area contributed by atoms with Crippen molar-refractivity contribution in [3.8, 4) is 11.1 Å². The maximum Gasteiger partial charge on any atom is 0.414 e. The standard InChI is InChI=1S/C21H22F2N4O4/c1-12(28)25-10-16-11-27(21(30)31-16)15-4-5-17(19(23)7-15)13-2-3-14(18(22)6-13)9-26-20(29)8-24/h2-7,16H,8-11,24H2,1H3,(H,25,28)(H,26,29)/t16-/m0/s1. The highest BCUT2D eigenvalue weighted by atomic mass is 19.1. The van der Waals surface area contributed by atoms with Gasteiger partial charge in [-0.05, 0) is 29.8 Å². The van der Waals surface area contributed by atoms with E-state index in [-0.39, 0.29) is 48.9 Å². The number of anilines is 1. The Balaban J connectivity index is 1.74. The van der Waals surface area contributed by atoms with Crippen LogP contribution < -0.4 is 21.3 Å². The molecule has 1 aliphatic heterocycles. The monoisotopic (exact) mass is 432 g/mol. The van der Waals surface area contributed by atoms with Gasteiger partial charge in [-0.1, -0.05) is 12.1 Å². The molecule has 1 atom stereocenters. The molecule has 8 nitrogen and oxygen atoms in total. The molecular formula is C21H22F2N4O4. The van der Waals surface area contributed by atoms with Crippen LogP contribution in [0, 0.1) is 11.6 Å². The van der Waals surface area contributed by atoms with Gasteiger partial charge in [0.05, 0.1) is 25.3 Å². The second-order valence-corrected chi connectivity index (χ2v) is 7.00. The number of nitrogens with two attached hydrogens (primary N) is 1. The van der Waals surface area contributed by atoms with E-state index >= 15 is 0 Å². The number of rotatable bonds is 7. The fourth-order valence-electron chi connectivity index (χ4n) is 3.13. The quantitative estimate of drug-likeness (QED) is 0.616. The summed E-state index contributed by atoms with van der Waals surface area (Å²) in [6.45, 7) is 1.45. The summed E-state index contributed by atoms with van der Waals surface area (Å²) in [7, 11) is 0. The van der Waals surface area contributed by atoms with Crippen molar-refractivity contribution in [3.05, 3.63) is 53.6 Å². The van der Waals surface area contributed by atoms with E-state index in [1.54, 1.807) is 6.07 Å². The number of hydrogen-bond acceptors (Lipinski definition) is 5.